The number of primary amides is 1. The molecule has 1 rings (SSSR count). The van der Waals surface area contributed by atoms with E-state index in [1.807, 2.05) is 13.8 Å². The molecule has 0 unspecified atom stereocenters. The van der Waals surface area contributed by atoms with Crippen molar-refractivity contribution in [3.05, 3.63) is 23.8 Å². The van der Waals surface area contributed by atoms with Crippen LogP contribution in [-0.2, 0) is 4.74 Å². The molecular formula is C12H19N3O2. The van der Waals surface area contributed by atoms with Crippen molar-refractivity contribution in [2.24, 2.45) is 5.73 Å². The van der Waals surface area contributed by atoms with Crippen LogP contribution in [0, 0.1) is 0 Å². The number of para-hydroxylation sites is 1. The number of ether oxygens (including phenoxy) is 1. The number of hydrogen-bond acceptors (Lipinski definition) is 4. The maximum absolute atomic E-state index is 11.3. The summed E-state index contributed by atoms with van der Waals surface area (Å²) >= 11 is 0. The third-order valence-electron chi connectivity index (χ3n) is 2.33. The van der Waals surface area contributed by atoms with E-state index >= 15 is 0 Å². The van der Waals surface area contributed by atoms with Crippen molar-refractivity contribution in [3.63, 3.8) is 0 Å². The topological polar surface area (TPSA) is 90.4 Å². The van der Waals surface area contributed by atoms with Gasteiger partial charge in [-0.25, -0.2) is 0 Å². The molecule has 0 bridgehead atoms. The molecule has 0 radical (unpaired) electrons. The maximum Gasteiger partial charge on any atom is 0.250 e. The van der Waals surface area contributed by atoms with Crippen LogP contribution in [-0.4, -0.2) is 25.2 Å². The number of carbonyl (C=O) groups excluding carboxylic acids is 1. The van der Waals surface area contributed by atoms with Crippen molar-refractivity contribution in [3.8, 4) is 0 Å². The van der Waals surface area contributed by atoms with Crippen LogP contribution in [0.25, 0.3) is 0 Å². The molecule has 0 fully saturated rings. The van der Waals surface area contributed by atoms with Crippen molar-refractivity contribution < 1.29 is 9.53 Å². The first-order chi connectivity index (χ1) is 7.87. The number of amides is 1. The maximum atomic E-state index is 11.3. The van der Waals surface area contributed by atoms with E-state index < -0.39 is 5.91 Å². The van der Waals surface area contributed by atoms with Crippen LogP contribution in [0.15, 0.2) is 18.2 Å². The first-order valence-electron chi connectivity index (χ1n) is 5.33. The molecular weight excluding hydrogens is 218 g/mol. The predicted molar refractivity (Wildman–Crippen MR) is 69.0 cm³/mol. The summed E-state index contributed by atoms with van der Waals surface area (Å²) in [4.78, 5) is 11.3. The number of nitrogen functional groups attached to an aromatic ring is 1. The molecule has 0 spiro atoms. The Bertz CT molecular complexity index is 416. The van der Waals surface area contributed by atoms with Crippen molar-refractivity contribution in [1.82, 2.24) is 0 Å². The Kier molecular flexibility index (Phi) is 3.96. The SMILES string of the molecule is COCC(C)(C)Nc1c(N)cccc1C(N)=O. The molecule has 0 saturated heterocycles. The number of anilines is 2. The van der Waals surface area contributed by atoms with Crippen molar-refractivity contribution in [2.75, 3.05) is 24.8 Å². The number of nitrogens with one attached hydrogen (secondary N) is 1. The molecule has 0 aliphatic rings. The highest BCUT2D eigenvalue weighted by atomic mass is 16.5. The lowest BCUT2D eigenvalue weighted by atomic mass is 10.0. The standard InChI is InChI=1S/C12H19N3O2/c1-12(2,7-17-3)15-10-8(11(14)16)5-4-6-9(10)13/h4-6,15H,7,13H2,1-3H3,(H2,14,16). The molecule has 17 heavy (non-hydrogen) atoms. The summed E-state index contributed by atoms with van der Waals surface area (Å²) in [5, 5.41) is 3.19. The lowest BCUT2D eigenvalue weighted by Crippen LogP contribution is -2.37. The van der Waals surface area contributed by atoms with Gasteiger partial charge >= 0.3 is 0 Å². The molecule has 5 heteroatoms. The van der Waals surface area contributed by atoms with E-state index in [1.54, 1.807) is 25.3 Å². The minimum Gasteiger partial charge on any atom is -0.397 e. The zero-order chi connectivity index (χ0) is 13.1. The first kappa shape index (κ1) is 13.3. The van der Waals surface area contributed by atoms with Gasteiger partial charge in [0.25, 0.3) is 5.91 Å². The summed E-state index contributed by atoms with van der Waals surface area (Å²) in [6.07, 6.45) is 0. The van der Waals surface area contributed by atoms with Gasteiger partial charge in [-0.15, -0.1) is 0 Å². The van der Waals surface area contributed by atoms with Gasteiger partial charge < -0.3 is 21.5 Å². The fourth-order valence-electron chi connectivity index (χ4n) is 1.65. The van der Waals surface area contributed by atoms with Crippen molar-refractivity contribution >= 4 is 17.3 Å². The third kappa shape index (κ3) is 3.35. The van der Waals surface area contributed by atoms with Gasteiger partial charge in [0.05, 0.1) is 29.1 Å². The number of methoxy groups -OCH3 is 1. The normalized spacial score (nSPS) is 11.2. The molecule has 1 amide bonds. The smallest absolute Gasteiger partial charge is 0.250 e. The van der Waals surface area contributed by atoms with E-state index in [4.69, 9.17) is 16.2 Å². The van der Waals surface area contributed by atoms with Crippen LogP contribution in [0.3, 0.4) is 0 Å². The number of hydrogen-bond donors (Lipinski definition) is 3. The van der Waals surface area contributed by atoms with Gasteiger partial charge in [-0.1, -0.05) is 6.07 Å². The summed E-state index contributed by atoms with van der Waals surface area (Å²) in [5.74, 6) is -0.506. The highest BCUT2D eigenvalue weighted by Crippen LogP contribution is 2.26. The molecule has 5 nitrogen and oxygen atoms in total. The van der Waals surface area contributed by atoms with E-state index in [0.29, 0.717) is 23.5 Å². The summed E-state index contributed by atoms with van der Waals surface area (Å²) in [6.45, 7) is 4.39. The second kappa shape index (κ2) is 5.05. The van der Waals surface area contributed by atoms with Gasteiger partial charge in [-0.05, 0) is 26.0 Å². The Morgan fingerprint density at radius 2 is 2.12 bits per heavy atom. The molecule has 0 saturated carbocycles. The minimum absolute atomic E-state index is 0.339. The Hall–Kier alpha value is -1.75. The lowest BCUT2D eigenvalue weighted by molar-refractivity contribution is 0.100. The predicted octanol–water partition coefficient (Wildman–Crippen LogP) is 1.20. The average molecular weight is 237 g/mol. The largest absolute Gasteiger partial charge is 0.397 e. The molecule has 0 atom stereocenters. The van der Waals surface area contributed by atoms with E-state index in [2.05, 4.69) is 5.32 Å². The van der Waals surface area contributed by atoms with Gasteiger partial charge in [0.2, 0.25) is 0 Å². The molecule has 0 aliphatic heterocycles. The van der Waals surface area contributed by atoms with Gasteiger partial charge in [-0.2, -0.15) is 0 Å². The summed E-state index contributed by atoms with van der Waals surface area (Å²) < 4.78 is 5.10. The molecule has 1 aromatic rings. The molecule has 0 aliphatic carbocycles. The van der Waals surface area contributed by atoms with E-state index in [1.165, 1.54) is 0 Å². The fourth-order valence-corrected chi connectivity index (χ4v) is 1.65. The fraction of sp³-hybridized carbons (Fsp3) is 0.417. The summed E-state index contributed by atoms with van der Waals surface area (Å²) in [5.41, 5.74) is 12.3. The molecule has 5 N–H and O–H groups in total. The minimum atomic E-state index is -0.506. The van der Waals surface area contributed by atoms with Gasteiger partial charge in [0.15, 0.2) is 0 Å². The van der Waals surface area contributed by atoms with E-state index in [9.17, 15) is 4.79 Å². The van der Waals surface area contributed by atoms with Crippen LogP contribution in [0.4, 0.5) is 11.4 Å². The summed E-state index contributed by atoms with van der Waals surface area (Å²) in [6, 6.07) is 5.06. The zero-order valence-corrected chi connectivity index (χ0v) is 10.4. The number of benzene rings is 1. The van der Waals surface area contributed by atoms with Crippen LogP contribution >= 0.6 is 0 Å². The number of carbonyl (C=O) groups is 1. The third-order valence-corrected chi connectivity index (χ3v) is 2.33. The molecule has 0 heterocycles. The van der Waals surface area contributed by atoms with Crippen LogP contribution in [0.5, 0.6) is 0 Å². The Balaban J connectivity index is 3.08. The van der Waals surface area contributed by atoms with Gasteiger partial charge in [0.1, 0.15) is 0 Å². The van der Waals surface area contributed by atoms with Gasteiger partial charge in [0, 0.05) is 7.11 Å². The second-order valence-electron chi connectivity index (χ2n) is 4.58. The van der Waals surface area contributed by atoms with Crippen LogP contribution in [0.2, 0.25) is 0 Å². The van der Waals surface area contributed by atoms with Crippen LogP contribution < -0.4 is 16.8 Å². The molecule has 94 valence electrons. The average Bonchev–Trinajstić information content (AvgIpc) is 2.20. The lowest BCUT2D eigenvalue weighted by Gasteiger charge is -2.28. The zero-order valence-electron chi connectivity index (χ0n) is 10.4. The molecule has 1 aromatic carbocycles. The Morgan fingerprint density at radius 1 is 1.47 bits per heavy atom. The molecule has 0 aromatic heterocycles. The van der Waals surface area contributed by atoms with Crippen LogP contribution in [0.1, 0.15) is 24.2 Å². The van der Waals surface area contributed by atoms with Crippen molar-refractivity contribution in [2.45, 2.75) is 19.4 Å². The highest BCUT2D eigenvalue weighted by molar-refractivity contribution is 6.01. The quantitative estimate of drug-likeness (QED) is 0.671. The number of nitrogens with two attached hydrogens (primary N) is 2. The van der Waals surface area contributed by atoms with Gasteiger partial charge in [-0.3, -0.25) is 4.79 Å². The first-order valence-corrected chi connectivity index (χ1v) is 5.33. The number of rotatable bonds is 5. The van der Waals surface area contributed by atoms with E-state index in [0.717, 1.165) is 0 Å². The Morgan fingerprint density at radius 3 is 2.65 bits per heavy atom. The highest BCUT2D eigenvalue weighted by Gasteiger charge is 2.21. The second-order valence-corrected chi connectivity index (χ2v) is 4.58. The van der Waals surface area contributed by atoms with E-state index in [-0.39, 0.29) is 5.54 Å². The van der Waals surface area contributed by atoms with Crippen molar-refractivity contribution in [1.29, 1.82) is 0 Å². The monoisotopic (exact) mass is 237 g/mol. The Labute approximate surface area is 101 Å². The summed E-state index contributed by atoms with van der Waals surface area (Å²) in [7, 11) is 1.62.